The minimum Gasteiger partial charge on any atom is -0.375 e. The van der Waals surface area contributed by atoms with E-state index in [-0.39, 0.29) is 25.0 Å². The van der Waals surface area contributed by atoms with E-state index in [1.165, 1.54) is 12.7 Å². The van der Waals surface area contributed by atoms with Crippen molar-refractivity contribution in [3.8, 4) is 0 Å². The molecule has 0 radical (unpaired) electrons. The van der Waals surface area contributed by atoms with Crippen LogP contribution in [0.5, 0.6) is 0 Å². The van der Waals surface area contributed by atoms with Crippen LogP contribution in [-0.2, 0) is 27.3 Å². The Morgan fingerprint density at radius 1 is 1.15 bits per heavy atom. The maximum atomic E-state index is 12.5. The molecule has 0 aliphatic heterocycles. The number of aryl methyl sites for hydroxylation is 2. The number of nitrogens with one attached hydrogen (secondary N) is 2. The molecular weight excluding hydrogens is 332 g/mol. The Labute approximate surface area is 153 Å². The SMILES string of the molecule is CCc1c(C)nn(CC(=O)Nc2cc(NC(=O)COC)ccc2C)c1C. The Kier molecular flexibility index (Phi) is 6.52. The van der Waals surface area contributed by atoms with Gasteiger partial charge in [0.2, 0.25) is 11.8 Å². The van der Waals surface area contributed by atoms with Crippen molar-refractivity contribution < 1.29 is 14.3 Å². The third kappa shape index (κ3) is 4.70. The molecule has 2 rings (SSSR count). The van der Waals surface area contributed by atoms with E-state index >= 15 is 0 Å². The van der Waals surface area contributed by atoms with Crippen molar-refractivity contribution in [1.82, 2.24) is 9.78 Å². The molecule has 2 amide bonds. The van der Waals surface area contributed by atoms with Gasteiger partial charge in [0.1, 0.15) is 13.2 Å². The van der Waals surface area contributed by atoms with Crippen molar-refractivity contribution in [2.75, 3.05) is 24.4 Å². The molecule has 140 valence electrons. The largest absolute Gasteiger partial charge is 0.375 e. The highest BCUT2D eigenvalue weighted by molar-refractivity contribution is 5.95. The van der Waals surface area contributed by atoms with E-state index in [4.69, 9.17) is 4.74 Å². The van der Waals surface area contributed by atoms with E-state index in [9.17, 15) is 9.59 Å². The first-order valence-corrected chi connectivity index (χ1v) is 8.57. The second kappa shape index (κ2) is 8.62. The van der Waals surface area contributed by atoms with E-state index in [1.807, 2.05) is 26.8 Å². The van der Waals surface area contributed by atoms with Crippen LogP contribution in [0.4, 0.5) is 11.4 Å². The molecule has 2 aromatic rings. The molecule has 0 unspecified atom stereocenters. The van der Waals surface area contributed by atoms with Crippen molar-refractivity contribution in [2.24, 2.45) is 0 Å². The van der Waals surface area contributed by atoms with Crippen LogP contribution in [0.2, 0.25) is 0 Å². The Bertz CT molecular complexity index is 811. The summed E-state index contributed by atoms with van der Waals surface area (Å²) in [5.41, 5.74) is 5.31. The van der Waals surface area contributed by atoms with Gasteiger partial charge >= 0.3 is 0 Å². The highest BCUT2D eigenvalue weighted by Crippen LogP contribution is 2.21. The van der Waals surface area contributed by atoms with Crippen molar-refractivity contribution >= 4 is 23.2 Å². The maximum Gasteiger partial charge on any atom is 0.250 e. The molecule has 1 aromatic heterocycles. The van der Waals surface area contributed by atoms with Crippen molar-refractivity contribution in [2.45, 2.75) is 40.7 Å². The fourth-order valence-corrected chi connectivity index (χ4v) is 2.89. The summed E-state index contributed by atoms with van der Waals surface area (Å²) in [4.78, 5) is 24.1. The zero-order chi connectivity index (χ0) is 19.3. The van der Waals surface area contributed by atoms with Gasteiger partial charge in [0.05, 0.1) is 5.69 Å². The predicted octanol–water partition coefficient (Wildman–Crippen LogP) is 2.59. The second-order valence-electron chi connectivity index (χ2n) is 6.22. The lowest BCUT2D eigenvalue weighted by atomic mass is 10.1. The normalized spacial score (nSPS) is 10.7. The van der Waals surface area contributed by atoms with Gasteiger partial charge in [-0.15, -0.1) is 0 Å². The van der Waals surface area contributed by atoms with Gasteiger partial charge in [0, 0.05) is 24.2 Å². The van der Waals surface area contributed by atoms with Gasteiger partial charge in [-0.2, -0.15) is 5.10 Å². The van der Waals surface area contributed by atoms with Gasteiger partial charge in [0.25, 0.3) is 0 Å². The summed E-state index contributed by atoms with van der Waals surface area (Å²) < 4.78 is 6.53. The average molecular weight is 358 g/mol. The van der Waals surface area contributed by atoms with Gasteiger partial charge in [-0.1, -0.05) is 13.0 Å². The number of carbonyl (C=O) groups excluding carboxylic acids is 2. The predicted molar refractivity (Wildman–Crippen MR) is 101 cm³/mol. The molecule has 2 N–H and O–H groups in total. The topological polar surface area (TPSA) is 85.3 Å². The lowest BCUT2D eigenvalue weighted by molar-refractivity contribution is -0.119. The molecule has 0 saturated carbocycles. The molecule has 0 fully saturated rings. The van der Waals surface area contributed by atoms with Gasteiger partial charge in [-0.25, -0.2) is 0 Å². The number of aromatic nitrogens is 2. The van der Waals surface area contributed by atoms with E-state index in [2.05, 4.69) is 22.7 Å². The van der Waals surface area contributed by atoms with Crippen molar-refractivity contribution in [3.05, 3.63) is 40.7 Å². The molecule has 0 bridgehead atoms. The second-order valence-corrected chi connectivity index (χ2v) is 6.22. The van der Waals surface area contributed by atoms with Gasteiger partial charge < -0.3 is 15.4 Å². The minimum atomic E-state index is -0.247. The number of benzene rings is 1. The van der Waals surface area contributed by atoms with Crippen LogP contribution in [0.3, 0.4) is 0 Å². The molecule has 1 aromatic carbocycles. The molecule has 26 heavy (non-hydrogen) atoms. The quantitative estimate of drug-likeness (QED) is 0.797. The lowest BCUT2D eigenvalue weighted by Crippen LogP contribution is -2.21. The third-order valence-corrected chi connectivity index (χ3v) is 4.25. The first-order valence-electron chi connectivity index (χ1n) is 8.57. The summed E-state index contributed by atoms with van der Waals surface area (Å²) in [5.74, 6) is -0.412. The standard InChI is InChI=1S/C19H26N4O3/c1-6-16-13(3)22-23(14(16)4)10-18(24)21-17-9-15(8-7-12(17)2)20-19(25)11-26-5/h7-9H,6,10-11H2,1-5H3,(H,20,25)(H,21,24). The Morgan fingerprint density at radius 3 is 2.50 bits per heavy atom. The fraction of sp³-hybridized carbons (Fsp3) is 0.421. The van der Waals surface area contributed by atoms with E-state index in [0.717, 1.165) is 23.4 Å². The number of anilines is 2. The maximum absolute atomic E-state index is 12.5. The Morgan fingerprint density at radius 2 is 1.88 bits per heavy atom. The Balaban J connectivity index is 2.10. The van der Waals surface area contributed by atoms with Crippen LogP contribution in [0.15, 0.2) is 18.2 Å². The third-order valence-electron chi connectivity index (χ3n) is 4.25. The zero-order valence-corrected chi connectivity index (χ0v) is 16.0. The molecule has 0 saturated heterocycles. The zero-order valence-electron chi connectivity index (χ0n) is 16.0. The number of hydrogen-bond acceptors (Lipinski definition) is 4. The molecule has 7 nitrogen and oxygen atoms in total. The van der Waals surface area contributed by atoms with Gasteiger partial charge in [0.15, 0.2) is 0 Å². The fourth-order valence-electron chi connectivity index (χ4n) is 2.89. The van der Waals surface area contributed by atoms with Crippen LogP contribution in [0, 0.1) is 20.8 Å². The number of amides is 2. The Hall–Kier alpha value is -2.67. The molecule has 0 atom stereocenters. The average Bonchev–Trinajstić information content (AvgIpc) is 2.84. The van der Waals surface area contributed by atoms with Crippen molar-refractivity contribution in [3.63, 3.8) is 0 Å². The minimum absolute atomic E-state index is 0.0206. The van der Waals surface area contributed by atoms with Crippen LogP contribution >= 0.6 is 0 Å². The van der Waals surface area contributed by atoms with Crippen molar-refractivity contribution in [1.29, 1.82) is 0 Å². The van der Waals surface area contributed by atoms with E-state index in [0.29, 0.717) is 11.4 Å². The van der Waals surface area contributed by atoms with Gasteiger partial charge in [-0.3, -0.25) is 14.3 Å². The molecular formula is C19H26N4O3. The molecule has 0 aliphatic rings. The van der Waals surface area contributed by atoms with E-state index in [1.54, 1.807) is 16.8 Å². The summed E-state index contributed by atoms with van der Waals surface area (Å²) in [6, 6.07) is 5.36. The van der Waals surface area contributed by atoms with E-state index < -0.39 is 0 Å². The number of methoxy groups -OCH3 is 1. The first-order chi connectivity index (χ1) is 12.3. The summed E-state index contributed by atoms with van der Waals surface area (Å²) in [7, 11) is 1.46. The lowest BCUT2D eigenvalue weighted by Gasteiger charge is -2.12. The monoisotopic (exact) mass is 358 g/mol. The summed E-state index contributed by atoms with van der Waals surface area (Å²) >= 11 is 0. The number of ether oxygens (including phenoxy) is 1. The van der Waals surface area contributed by atoms with Crippen LogP contribution < -0.4 is 10.6 Å². The van der Waals surface area contributed by atoms with Gasteiger partial charge in [-0.05, 0) is 50.5 Å². The smallest absolute Gasteiger partial charge is 0.250 e. The molecule has 7 heteroatoms. The van der Waals surface area contributed by atoms with Crippen LogP contribution in [0.25, 0.3) is 0 Å². The summed E-state index contributed by atoms with van der Waals surface area (Å²) in [5, 5.41) is 10.1. The molecule has 1 heterocycles. The van der Waals surface area contributed by atoms with Crippen LogP contribution in [0.1, 0.15) is 29.4 Å². The number of carbonyl (C=O) groups is 2. The number of nitrogens with zero attached hydrogens (tertiary/aromatic N) is 2. The molecule has 0 aliphatic carbocycles. The summed E-state index contributed by atoms with van der Waals surface area (Å²) in [6.07, 6.45) is 0.890. The van der Waals surface area contributed by atoms with Crippen LogP contribution in [-0.4, -0.2) is 35.3 Å². The highest BCUT2D eigenvalue weighted by Gasteiger charge is 2.13. The molecule has 0 spiro atoms. The summed E-state index contributed by atoms with van der Waals surface area (Å²) in [6.45, 7) is 8.03. The number of rotatable bonds is 7. The number of hydrogen-bond donors (Lipinski definition) is 2. The first kappa shape index (κ1) is 19.7. The highest BCUT2D eigenvalue weighted by atomic mass is 16.5.